The number of piperazine rings is 1. The molecule has 1 aromatic heterocycles. The molecular formula is C16H23N5. The second kappa shape index (κ2) is 6.37. The van der Waals surface area contributed by atoms with Crippen LogP contribution < -0.4 is 5.32 Å². The zero-order valence-corrected chi connectivity index (χ0v) is 12.8. The molecule has 0 spiro atoms. The van der Waals surface area contributed by atoms with E-state index in [1.807, 2.05) is 18.2 Å². The molecule has 2 heterocycles. The van der Waals surface area contributed by atoms with Crippen molar-refractivity contribution in [3.63, 3.8) is 0 Å². The molecule has 0 bridgehead atoms. The lowest BCUT2D eigenvalue weighted by atomic mass is 10.2. The Balaban J connectivity index is 1.65. The number of nitrogens with one attached hydrogen (secondary N) is 1. The third kappa shape index (κ3) is 3.49. The molecular weight excluding hydrogens is 262 g/mol. The Hall–Kier alpha value is -1.72. The van der Waals surface area contributed by atoms with Crippen molar-refractivity contribution in [2.24, 2.45) is 0 Å². The fourth-order valence-corrected chi connectivity index (χ4v) is 2.82. The average Bonchev–Trinajstić information content (AvgIpc) is 2.50. The Bertz CT molecular complexity index is 587. The van der Waals surface area contributed by atoms with Crippen molar-refractivity contribution in [2.75, 3.05) is 45.1 Å². The Morgan fingerprint density at radius 1 is 1.14 bits per heavy atom. The van der Waals surface area contributed by atoms with Crippen molar-refractivity contribution in [3.05, 3.63) is 30.6 Å². The van der Waals surface area contributed by atoms with Gasteiger partial charge in [0.25, 0.3) is 0 Å². The van der Waals surface area contributed by atoms with Crippen molar-refractivity contribution in [2.45, 2.75) is 13.0 Å². The van der Waals surface area contributed by atoms with Crippen LogP contribution in [0.3, 0.4) is 0 Å². The van der Waals surface area contributed by atoms with Gasteiger partial charge in [-0.3, -0.25) is 4.90 Å². The molecule has 112 valence electrons. The normalized spacial score (nSPS) is 18.8. The van der Waals surface area contributed by atoms with Crippen LogP contribution in [0.25, 0.3) is 10.9 Å². The number of para-hydroxylation sites is 1. The highest BCUT2D eigenvalue weighted by Gasteiger charge is 2.16. The van der Waals surface area contributed by atoms with E-state index in [2.05, 4.69) is 45.1 Å². The number of fused-ring (bicyclic) bond motifs is 1. The zero-order chi connectivity index (χ0) is 14.7. The smallest absolute Gasteiger partial charge is 0.137 e. The van der Waals surface area contributed by atoms with Gasteiger partial charge in [0.1, 0.15) is 12.1 Å². The number of benzene rings is 1. The summed E-state index contributed by atoms with van der Waals surface area (Å²) in [6, 6.07) is 8.49. The van der Waals surface area contributed by atoms with Crippen LogP contribution in [-0.4, -0.2) is 65.6 Å². The summed E-state index contributed by atoms with van der Waals surface area (Å²) in [6.07, 6.45) is 1.63. The Labute approximate surface area is 126 Å². The number of hydrogen-bond acceptors (Lipinski definition) is 5. The molecule has 21 heavy (non-hydrogen) atoms. The number of hydrogen-bond donors (Lipinski definition) is 1. The van der Waals surface area contributed by atoms with Crippen LogP contribution in [0.15, 0.2) is 30.6 Å². The summed E-state index contributed by atoms with van der Waals surface area (Å²) in [4.78, 5) is 13.6. The molecule has 0 aliphatic carbocycles. The van der Waals surface area contributed by atoms with E-state index in [1.165, 1.54) is 0 Å². The maximum atomic E-state index is 4.40. The van der Waals surface area contributed by atoms with Gasteiger partial charge in [0.15, 0.2) is 0 Å². The van der Waals surface area contributed by atoms with Gasteiger partial charge >= 0.3 is 0 Å². The van der Waals surface area contributed by atoms with Crippen molar-refractivity contribution in [3.8, 4) is 0 Å². The molecule has 1 fully saturated rings. The molecule has 1 aliphatic rings. The molecule has 5 heteroatoms. The molecule has 0 saturated carbocycles. The summed E-state index contributed by atoms with van der Waals surface area (Å²) >= 11 is 0. The van der Waals surface area contributed by atoms with Gasteiger partial charge in [-0.05, 0) is 26.1 Å². The number of aromatic nitrogens is 2. The molecule has 1 unspecified atom stereocenters. The number of rotatable bonds is 4. The molecule has 3 rings (SSSR count). The Morgan fingerprint density at radius 2 is 1.90 bits per heavy atom. The minimum atomic E-state index is 0.367. The van der Waals surface area contributed by atoms with Crippen molar-refractivity contribution >= 4 is 16.7 Å². The summed E-state index contributed by atoms with van der Waals surface area (Å²) in [7, 11) is 2.19. The molecule has 0 radical (unpaired) electrons. The summed E-state index contributed by atoms with van der Waals surface area (Å²) in [5.74, 6) is 0.933. The Morgan fingerprint density at radius 3 is 2.71 bits per heavy atom. The minimum absolute atomic E-state index is 0.367. The molecule has 0 amide bonds. The van der Waals surface area contributed by atoms with Gasteiger partial charge in [0.2, 0.25) is 0 Å². The van der Waals surface area contributed by atoms with E-state index in [-0.39, 0.29) is 0 Å². The van der Waals surface area contributed by atoms with Crippen molar-refractivity contribution < 1.29 is 0 Å². The van der Waals surface area contributed by atoms with Crippen LogP contribution in [-0.2, 0) is 0 Å². The van der Waals surface area contributed by atoms with Gasteiger partial charge in [-0.1, -0.05) is 12.1 Å². The standard InChI is InChI=1S/C16H23N5/c1-13(11-21-9-7-20(2)8-10-21)19-16-14-5-3-4-6-15(14)17-12-18-16/h3-6,12-13H,7-11H2,1-2H3,(H,17,18,19). The van der Waals surface area contributed by atoms with Gasteiger partial charge in [-0.25, -0.2) is 9.97 Å². The van der Waals surface area contributed by atoms with Crippen LogP contribution in [0.1, 0.15) is 6.92 Å². The average molecular weight is 285 g/mol. The minimum Gasteiger partial charge on any atom is -0.366 e. The maximum Gasteiger partial charge on any atom is 0.137 e. The van der Waals surface area contributed by atoms with Gasteiger partial charge in [0, 0.05) is 44.2 Å². The first-order valence-corrected chi connectivity index (χ1v) is 7.59. The van der Waals surface area contributed by atoms with E-state index in [4.69, 9.17) is 0 Å². The van der Waals surface area contributed by atoms with E-state index in [9.17, 15) is 0 Å². The van der Waals surface area contributed by atoms with Crippen LogP contribution in [0.4, 0.5) is 5.82 Å². The second-order valence-corrected chi connectivity index (χ2v) is 5.89. The van der Waals surface area contributed by atoms with Crippen LogP contribution in [0, 0.1) is 0 Å². The predicted molar refractivity (Wildman–Crippen MR) is 86.6 cm³/mol. The topological polar surface area (TPSA) is 44.3 Å². The monoisotopic (exact) mass is 285 g/mol. The first-order valence-electron chi connectivity index (χ1n) is 7.59. The SMILES string of the molecule is CC(CN1CCN(C)CC1)Nc1ncnc2ccccc12. The molecule has 5 nitrogen and oxygen atoms in total. The maximum absolute atomic E-state index is 4.40. The molecule has 1 aliphatic heterocycles. The first kappa shape index (κ1) is 14.2. The van der Waals surface area contributed by atoms with Gasteiger partial charge < -0.3 is 10.2 Å². The number of nitrogens with zero attached hydrogens (tertiary/aromatic N) is 4. The molecule has 2 aromatic rings. The molecule has 1 N–H and O–H groups in total. The van der Waals surface area contributed by atoms with Crippen LogP contribution in [0.2, 0.25) is 0 Å². The summed E-state index contributed by atoms with van der Waals surface area (Å²) in [6.45, 7) is 7.87. The third-order valence-electron chi connectivity index (χ3n) is 4.05. The lowest BCUT2D eigenvalue weighted by Gasteiger charge is -2.34. The summed E-state index contributed by atoms with van der Waals surface area (Å²) in [5.41, 5.74) is 0.988. The van der Waals surface area contributed by atoms with Gasteiger partial charge in [0.05, 0.1) is 5.52 Å². The van der Waals surface area contributed by atoms with Gasteiger partial charge in [-0.2, -0.15) is 0 Å². The lowest BCUT2D eigenvalue weighted by molar-refractivity contribution is 0.151. The highest BCUT2D eigenvalue weighted by molar-refractivity contribution is 5.88. The van der Waals surface area contributed by atoms with Crippen LogP contribution >= 0.6 is 0 Å². The zero-order valence-electron chi connectivity index (χ0n) is 12.8. The van der Waals surface area contributed by atoms with Crippen LogP contribution in [0.5, 0.6) is 0 Å². The van der Waals surface area contributed by atoms with E-state index < -0.39 is 0 Å². The fourth-order valence-electron chi connectivity index (χ4n) is 2.82. The molecule has 1 saturated heterocycles. The van der Waals surface area contributed by atoms with Crippen molar-refractivity contribution in [1.29, 1.82) is 0 Å². The summed E-state index contributed by atoms with van der Waals surface area (Å²) in [5, 5.41) is 4.63. The van der Waals surface area contributed by atoms with E-state index in [0.29, 0.717) is 6.04 Å². The van der Waals surface area contributed by atoms with Gasteiger partial charge in [-0.15, -0.1) is 0 Å². The third-order valence-corrected chi connectivity index (χ3v) is 4.05. The quantitative estimate of drug-likeness (QED) is 0.926. The molecule has 1 atom stereocenters. The van der Waals surface area contributed by atoms with E-state index in [0.717, 1.165) is 49.4 Å². The highest BCUT2D eigenvalue weighted by atomic mass is 15.3. The second-order valence-electron chi connectivity index (χ2n) is 5.89. The fraction of sp³-hybridized carbons (Fsp3) is 0.500. The highest BCUT2D eigenvalue weighted by Crippen LogP contribution is 2.19. The van der Waals surface area contributed by atoms with E-state index >= 15 is 0 Å². The lowest BCUT2D eigenvalue weighted by Crippen LogP contribution is -2.47. The Kier molecular flexibility index (Phi) is 4.31. The van der Waals surface area contributed by atoms with Crippen molar-refractivity contribution in [1.82, 2.24) is 19.8 Å². The van der Waals surface area contributed by atoms with E-state index in [1.54, 1.807) is 6.33 Å². The summed E-state index contributed by atoms with van der Waals surface area (Å²) < 4.78 is 0. The number of likely N-dealkylation sites (N-methyl/N-ethyl adjacent to an activating group) is 1. The largest absolute Gasteiger partial charge is 0.366 e. The predicted octanol–water partition coefficient (Wildman–Crippen LogP) is 1.68. The molecule has 1 aromatic carbocycles. The number of anilines is 1. The first-order chi connectivity index (χ1) is 10.2.